The first kappa shape index (κ1) is 8.05. The molecular formula is C11H10O2. The van der Waals surface area contributed by atoms with Gasteiger partial charge in [0.25, 0.3) is 0 Å². The third-order valence-corrected chi connectivity index (χ3v) is 2.38. The van der Waals surface area contributed by atoms with E-state index in [0.717, 1.165) is 16.7 Å². The molecule has 1 N–H and O–H groups in total. The predicted molar refractivity (Wildman–Crippen MR) is 50.6 cm³/mol. The van der Waals surface area contributed by atoms with E-state index in [4.69, 9.17) is 0 Å². The molecule has 0 spiro atoms. The second-order valence-corrected chi connectivity index (χ2v) is 3.26. The summed E-state index contributed by atoms with van der Waals surface area (Å²) in [6, 6.07) is 3.44. The van der Waals surface area contributed by atoms with Gasteiger partial charge in [0.2, 0.25) is 0 Å². The molecule has 1 aliphatic rings. The quantitative estimate of drug-likeness (QED) is 0.651. The van der Waals surface area contributed by atoms with Crippen molar-refractivity contribution in [1.29, 1.82) is 0 Å². The standard InChI is InChI=1S/C11H10O2/c1-7-10-4-3-9(12)6-8(10)2-5-11(7)13/h2-5,13H,6H2,1H3. The summed E-state index contributed by atoms with van der Waals surface area (Å²) in [5.74, 6) is 0.412. The van der Waals surface area contributed by atoms with E-state index < -0.39 is 0 Å². The first-order valence-electron chi connectivity index (χ1n) is 4.21. The summed E-state index contributed by atoms with van der Waals surface area (Å²) in [4.78, 5) is 11.1. The van der Waals surface area contributed by atoms with Crippen LogP contribution >= 0.6 is 0 Å². The largest absolute Gasteiger partial charge is 0.508 e. The lowest BCUT2D eigenvalue weighted by molar-refractivity contribution is -0.114. The molecule has 0 saturated carbocycles. The molecule has 0 radical (unpaired) electrons. The molecule has 0 bridgehead atoms. The lowest BCUT2D eigenvalue weighted by atomic mass is 9.93. The van der Waals surface area contributed by atoms with Crippen LogP contribution in [0.3, 0.4) is 0 Å². The van der Waals surface area contributed by atoms with Crippen LogP contribution in [-0.2, 0) is 11.2 Å². The Kier molecular flexibility index (Phi) is 1.69. The smallest absolute Gasteiger partial charge is 0.160 e. The molecular weight excluding hydrogens is 164 g/mol. The molecule has 66 valence electrons. The number of rotatable bonds is 0. The van der Waals surface area contributed by atoms with Gasteiger partial charge in [0, 0.05) is 6.42 Å². The maximum atomic E-state index is 11.1. The van der Waals surface area contributed by atoms with Crippen LogP contribution in [0.2, 0.25) is 0 Å². The van der Waals surface area contributed by atoms with Crippen LogP contribution in [0.4, 0.5) is 0 Å². The van der Waals surface area contributed by atoms with Gasteiger partial charge in [-0.3, -0.25) is 4.79 Å². The Bertz CT molecular complexity index is 403. The molecule has 1 aromatic rings. The number of phenolic OH excluding ortho intramolecular Hbond substituents is 1. The fourth-order valence-corrected chi connectivity index (χ4v) is 1.58. The fraction of sp³-hybridized carbons (Fsp3) is 0.182. The molecule has 13 heavy (non-hydrogen) atoms. The predicted octanol–water partition coefficient (Wildman–Crippen LogP) is 1.84. The zero-order valence-electron chi connectivity index (χ0n) is 7.37. The molecule has 0 saturated heterocycles. The molecule has 0 amide bonds. The number of hydrogen-bond donors (Lipinski definition) is 1. The average Bonchev–Trinajstić information content (AvgIpc) is 2.12. The Morgan fingerprint density at radius 1 is 1.31 bits per heavy atom. The van der Waals surface area contributed by atoms with Crippen LogP contribution in [0, 0.1) is 6.92 Å². The SMILES string of the molecule is Cc1c(O)ccc2c1C=CC(=O)C2. The monoisotopic (exact) mass is 174 g/mol. The summed E-state index contributed by atoms with van der Waals surface area (Å²) < 4.78 is 0. The lowest BCUT2D eigenvalue weighted by Crippen LogP contribution is -2.06. The minimum atomic E-state index is 0.123. The molecule has 2 rings (SSSR count). The highest BCUT2D eigenvalue weighted by atomic mass is 16.3. The number of hydrogen-bond acceptors (Lipinski definition) is 2. The maximum Gasteiger partial charge on any atom is 0.160 e. The van der Waals surface area contributed by atoms with E-state index in [9.17, 15) is 9.90 Å². The van der Waals surface area contributed by atoms with E-state index in [1.165, 1.54) is 0 Å². The third-order valence-electron chi connectivity index (χ3n) is 2.38. The number of fused-ring (bicyclic) bond motifs is 1. The van der Waals surface area contributed by atoms with Crippen molar-refractivity contribution >= 4 is 11.9 Å². The Hall–Kier alpha value is -1.57. The van der Waals surface area contributed by atoms with E-state index in [1.54, 1.807) is 24.3 Å². The molecule has 1 aromatic carbocycles. The Balaban J connectivity index is 2.63. The van der Waals surface area contributed by atoms with Gasteiger partial charge in [-0.05, 0) is 35.8 Å². The van der Waals surface area contributed by atoms with Crippen molar-refractivity contribution in [2.24, 2.45) is 0 Å². The van der Waals surface area contributed by atoms with Gasteiger partial charge < -0.3 is 5.11 Å². The number of allylic oxidation sites excluding steroid dienone is 1. The maximum absolute atomic E-state index is 11.1. The van der Waals surface area contributed by atoms with Crippen LogP contribution in [-0.4, -0.2) is 10.9 Å². The van der Waals surface area contributed by atoms with Crippen molar-refractivity contribution in [3.63, 3.8) is 0 Å². The number of carbonyl (C=O) groups is 1. The minimum Gasteiger partial charge on any atom is -0.508 e. The number of carbonyl (C=O) groups excluding carboxylic acids is 1. The van der Waals surface area contributed by atoms with Crippen LogP contribution in [0.5, 0.6) is 5.75 Å². The number of aromatic hydroxyl groups is 1. The van der Waals surface area contributed by atoms with Gasteiger partial charge in [-0.1, -0.05) is 12.1 Å². The van der Waals surface area contributed by atoms with Crippen LogP contribution < -0.4 is 0 Å². The van der Waals surface area contributed by atoms with Crippen molar-refractivity contribution in [2.45, 2.75) is 13.3 Å². The molecule has 1 aliphatic carbocycles. The van der Waals surface area contributed by atoms with Crippen LogP contribution in [0.1, 0.15) is 16.7 Å². The highest BCUT2D eigenvalue weighted by molar-refractivity contribution is 5.98. The van der Waals surface area contributed by atoms with Crippen LogP contribution in [0.15, 0.2) is 18.2 Å². The molecule has 0 atom stereocenters. The molecule has 0 aliphatic heterocycles. The first-order chi connectivity index (χ1) is 6.18. The first-order valence-corrected chi connectivity index (χ1v) is 4.21. The van der Waals surface area contributed by atoms with Crippen LogP contribution in [0.25, 0.3) is 6.08 Å². The average molecular weight is 174 g/mol. The molecule has 0 fully saturated rings. The minimum absolute atomic E-state index is 0.123. The van der Waals surface area contributed by atoms with Crippen molar-refractivity contribution < 1.29 is 9.90 Å². The zero-order valence-corrected chi connectivity index (χ0v) is 7.37. The Labute approximate surface area is 76.5 Å². The van der Waals surface area contributed by atoms with Gasteiger partial charge in [0.05, 0.1) is 0 Å². The molecule has 0 unspecified atom stereocenters. The summed E-state index contributed by atoms with van der Waals surface area (Å²) in [7, 11) is 0. The summed E-state index contributed by atoms with van der Waals surface area (Å²) in [6.45, 7) is 1.86. The third kappa shape index (κ3) is 1.24. The molecule has 2 nitrogen and oxygen atoms in total. The van der Waals surface area contributed by atoms with Gasteiger partial charge in [0.1, 0.15) is 5.75 Å². The topological polar surface area (TPSA) is 37.3 Å². The zero-order chi connectivity index (χ0) is 9.42. The van der Waals surface area contributed by atoms with Crippen molar-refractivity contribution in [1.82, 2.24) is 0 Å². The Morgan fingerprint density at radius 3 is 2.85 bits per heavy atom. The molecule has 0 aromatic heterocycles. The van der Waals surface area contributed by atoms with Crippen molar-refractivity contribution in [2.75, 3.05) is 0 Å². The lowest BCUT2D eigenvalue weighted by Gasteiger charge is -2.12. The summed E-state index contributed by atoms with van der Waals surface area (Å²) in [5.41, 5.74) is 2.84. The van der Waals surface area contributed by atoms with Gasteiger partial charge in [0.15, 0.2) is 5.78 Å². The van der Waals surface area contributed by atoms with E-state index in [2.05, 4.69) is 0 Å². The van der Waals surface area contributed by atoms with Gasteiger partial charge >= 0.3 is 0 Å². The highest BCUT2D eigenvalue weighted by Gasteiger charge is 2.13. The van der Waals surface area contributed by atoms with Gasteiger partial charge in [-0.25, -0.2) is 0 Å². The fourth-order valence-electron chi connectivity index (χ4n) is 1.58. The highest BCUT2D eigenvalue weighted by Crippen LogP contribution is 2.27. The number of phenols is 1. The number of benzene rings is 1. The Morgan fingerprint density at radius 2 is 2.08 bits per heavy atom. The summed E-state index contributed by atoms with van der Waals surface area (Å²) in [6.07, 6.45) is 3.79. The second-order valence-electron chi connectivity index (χ2n) is 3.26. The number of ketones is 1. The normalized spacial score (nSPS) is 14.4. The molecule has 2 heteroatoms. The molecule has 0 heterocycles. The van der Waals surface area contributed by atoms with Gasteiger partial charge in [-0.2, -0.15) is 0 Å². The second kappa shape index (κ2) is 2.73. The van der Waals surface area contributed by atoms with E-state index in [1.807, 2.05) is 6.92 Å². The van der Waals surface area contributed by atoms with E-state index >= 15 is 0 Å². The van der Waals surface area contributed by atoms with E-state index in [-0.39, 0.29) is 11.5 Å². The van der Waals surface area contributed by atoms with Gasteiger partial charge in [-0.15, -0.1) is 0 Å². The van der Waals surface area contributed by atoms with E-state index in [0.29, 0.717) is 6.42 Å². The summed E-state index contributed by atoms with van der Waals surface area (Å²) >= 11 is 0. The van der Waals surface area contributed by atoms with Crippen molar-refractivity contribution in [3.05, 3.63) is 34.9 Å². The summed E-state index contributed by atoms with van der Waals surface area (Å²) in [5, 5.41) is 9.42. The van der Waals surface area contributed by atoms with Crippen molar-refractivity contribution in [3.8, 4) is 5.75 Å².